The SMILES string of the molecule is COc1cc(/C=C2/C(=O)NC(=O)N(C(C)c3ccccc3)C2=O)ccc1OCCOc1ccc(C)cc1. The van der Waals surface area contributed by atoms with Crippen molar-refractivity contribution in [2.45, 2.75) is 19.9 Å². The van der Waals surface area contributed by atoms with Gasteiger partial charge in [-0.1, -0.05) is 54.1 Å². The maximum Gasteiger partial charge on any atom is 0.331 e. The standard InChI is InChI=1S/C29H28N2O6/c1-19-9-12-23(13-10-19)36-15-16-37-25-14-11-21(18-26(25)35-3)17-24-27(32)30-29(34)31(28(24)33)20(2)22-7-5-4-6-8-22/h4-14,17-18,20H,15-16H2,1-3H3,(H,30,32,34)/b24-17-. The molecule has 1 atom stereocenters. The average molecular weight is 501 g/mol. The lowest BCUT2D eigenvalue weighted by Gasteiger charge is -2.31. The molecule has 8 nitrogen and oxygen atoms in total. The van der Waals surface area contributed by atoms with Gasteiger partial charge in [0.25, 0.3) is 11.8 Å². The van der Waals surface area contributed by atoms with E-state index in [0.29, 0.717) is 30.3 Å². The molecule has 1 fully saturated rings. The molecule has 1 unspecified atom stereocenters. The number of aryl methyl sites for hydroxylation is 1. The average Bonchev–Trinajstić information content (AvgIpc) is 2.90. The van der Waals surface area contributed by atoms with E-state index >= 15 is 0 Å². The normalized spacial score (nSPS) is 15.4. The number of amides is 4. The van der Waals surface area contributed by atoms with E-state index in [9.17, 15) is 14.4 Å². The maximum absolute atomic E-state index is 13.2. The summed E-state index contributed by atoms with van der Waals surface area (Å²) in [5.41, 5.74) is 2.32. The predicted molar refractivity (Wildman–Crippen MR) is 138 cm³/mol. The third kappa shape index (κ3) is 5.98. The fourth-order valence-corrected chi connectivity index (χ4v) is 3.91. The number of hydrogen-bond acceptors (Lipinski definition) is 6. The Morgan fingerprint density at radius 2 is 1.59 bits per heavy atom. The van der Waals surface area contributed by atoms with Gasteiger partial charge in [0.05, 0.1) is 13.2 Å². The molecule has 1 heterocycles. The second-order valence-corrected chi connectivity index (χ2v) is 8.50. The van der Waals surface area contributed by atoms with Crippen molar-refractivity contribution in [3.8, 4) is 17.2 Å². The van der Waals surface area contributed by atoms with Crippen molar-refractivity contribution in [1.82, 2.24) is 10.2 Å². The molecule has 1 aliphatic rings. The predicted octanol–water partition coefficient (Wildman–Crippen LogP) is 4.68. The molecule has 0 aromatic heterocycles. The van der Waals surface area contributed by atoms with Crippen LogP contribution in [0.3, 0.4) is 0 Å². The number of nitrogens with zero attached hydrogens (tertiary/aromatic N) is 1. The Balaban J connectivity index is 1.47. The highest BCUT2D eigenvalue weighted by atomic mass is 16.5. The van der Waals surface area contributed by atoms with Gasteiger partial charge in [-0.15, -0.1) is 0 Å². The van der Waals surface area contributed by atoms with Crippen molar-refractivity contribution in [2.24, 2.45) is 0 Å². The maximum atomic E-state index is 13.2. The number of methoxy groups -OCH3 is 1. The third-order valence-electron chi connectivity index (χ3n) is 5.93. The van der Waals surface area contributed by atoms with E-state index < -0.39 is 23.9 Å². The molecule has 0 radical (unpaired) electrons. The van der Waals surface area contributed by atoms with Gasteiger partial charge in [-0.3, -0.25) is 19.8 Å². The van der Waals surface area contributed by atoms with Crippen molar-refractivity contribution < 1.29 is 28.6 Å². The lowest BCUT2D eigenvalue weighted by atomic mass is 10.0. The molecule has 3 aromatic rings. The molecule has 190 valence electrons. The number of imide groups is 2. The van der Waals surface area contributed by atoms with Crippen LogP contribution in [0.1, 0.15) is 29.7 Å². The van der Waals surface area contributed by atoms with Crippen molar-refractivity contribution >= 4 is 23.9 Å². The minimum atomic E-state index is -0.752. The van der Waals surface area contributed by atoms with Crippen LogP contribution < -0.4 is 19.5 Å². The van der Waals surface area contributed by atoms with Crippen LogP contribution in [0, 0.1) is 6.92 Å². The molecule has 4 rings (SSSR count). The Morgan fingerprint density at radius 1 is 0.892 bits per heavy atom. The van der Waals surface area contributed by atoms with Gasteiger partial charge >= 0.3 is 6.03 Å². The number of hydrogen-bond donors (Lipinski definition) is 1. The van der Waals surface area contributed by atoms with Crippen LogP contribution in [0.25, 0.3) is 6.08 Å². The number of barbiturate groups is 1. The van der Waals surface area contributed by atoms with Crippen LogP contribution in [-0.2, 0) is 9.59 Å². The van der Waals surface area contributed by atoms with Gasteiger partial charge in [0.1, 0.15) is 24.5 Å². The summed E-state index contributed by atoms with van der Waals surface area (Å²) < 4.78 is 16.9. The summed E-state index contributed by atoms with van der Waals surface area (Å²) in [7, 11) is 1.50. The molecule has 0 aliphatic carbocycles. The van der Waals surface area contributed by atoms with E-state index in [-0.39, 0.29) is 5.57 Å². The van der Waals surface area contributed by atoms with Crippen molar-refractivity contribution in [2.75, 3.05) is 20.3 Å². The monoisotopic (exact) mass is 500 g/mol. The second kappa shape index (κ2) is 11.4. The first-order valence-corrected chi connectivity index (χ1v) is 11.8. The van der Waals surface area contributed by atoms with Gasteiger partial charge in [0.2, 0.25) is 0 Å². The topological polar surface area (TPSA) is 94.2 Å². The first-order chi connectivity index (χ1) is 17.9. The molecule has 37 heavy (non-hydrogen) atoms. The van der Waals surface area contributed by atoms with Crippen LogP contribution in [0.2, 0.25) is 0 Å². The third-order valence-corrected chi connectivity index (χ3v) is 5.93. The number of urea groups is 1. The second-order valence-electron chi connectivity index (χ2n) is 8.50. The van der Waals surface area contributed by atoms with E-state index in [1.165, 1.54) is 13.2 Å². The molecule has 1 N–H and O–H groups in total. The van der Waals surface area contributed by atoms with E-state index in [1.807, 2.05) is 61.5 Å². The minimum absolute atomic E-state index is 0.149. The highest BCUT2D eigenvalue weighted by molar-refractivity contribution is 6.31. The highest BCUT2D eigenvalue weighted by Gasteiger charge is 2.38. The van der Waals surface area contributed by atoms with E-state index in [2.05, 4.69) is 5.32 Å². The fourth-order valence-electron chi connectivity index (χ4n) is 3.91. The molecular weight excluding hydrogens is 472 g/mol. The van der Waals surface area contributed by atoms with Gasteiger partial charge in [-0.2, -0.15) is 0 Å². The molecule has 0 bridgehead atoms. The van der Waals surface area contributed by atoms with Gasteiger partial charge < -0.3 is 14.2 Å². The van der Waals surface area contributed by atoms with Crippen molar-refractivity contribution in [1.29, 1.82) is 0 Å². The van der Waals surface area contributed by atoms with E-state index in [4.69, 9.17) is 14.2 Å². The van der Waals surface area contributed by atoms with Crippen molar-refractivity contribution in [3.63, 3.8) is 0 Å². The van der Waals surface area contributed by atoms with E-state index in [0.717, 1.165) is 21.8 Å². The van der Waals surface area contributed by atoms with E-state index in [1.54, 1.807) is 25.1 Å². The zero-order chi connectivity index (χ0) is 26.4. The van der Waals surface area contributed by atoms with Gasteiger partial charge in [0.15, 0.2) is 11.5 Å². The summed E-state index contributed by atoms with van der Waals surface area (Å²) in [5, 5.41) is 2.26. The number of rotatable bonds is 9. The Morgan fingerprint density at radius 3 is 2.30 bits per heavy atom. The van der Waals surface area contributed by atoms with Crippen molar-refractivity contribution in [3.05, 3.63) is 95.1 Å². The smallest absolute Gasteiger partial charge is 0.331 e. The molecule has 4 amide bonds. The first kappa shape index (κ1) is 25.5. The molecule has 1 aliphatic heterocycles. The van der Waals surface area contributed by atoms with Crippen LogP contribution in [0.4, 0.5) is 4.79 Å². The number of carbonyl (C=O) groups is 3. The largest absolute Gasteiger partial charge is 0.493 e. The fraction of sp³-hybridized carbons (Fsp3) is 0.207. The highest BCUT2D eigenvalue weighted by Crippen LogP contribution is 2.30. The van der Waals surface area contributed by atoms with Crippen LogP contribution in [-0.4, -0.2) is 43.1 Å². The summed E-state index contributed by atoms with van der Waals surface area (Å²) in [6.45, 7) is 4.38. The van der Waals surface area contributed by atoms with Crippen LogP contribution >= 0.6 is 0 Å². The first-order valence-electron chi connectivity index (χ1n) is 11.8. The lowest BCUT2D eigenvalue weighted by molar-refractivity contribution is -0.131. The molecular formula is C29H28N2O6. The summed E-state index contributed by atoms with van der Waals surface area (Å²) in [6, 6.07) is 20.6. The van der Waals surface area contributed by atoms with Gasteiger partial charge in [-0.05, 0) is 55.3 Å². The molecule has 1 saturated heterocycles. The van der Waals surface area contributed by atoms with Crippen LogP contribution in [0.15, 0.2) is 78.4 Å². The Labute approximate surface area is 215 Å². The summed E-state index contributed by atoms with van der Waals surface area (Å²) in [6.07, 6.45) is 1.43. The molecule has 0 saturated carbocycles. The number of ether oxygens (including phenoxy) is 3. The lowest BCUT2D eigenvalue weighted by Crippen LogP contribution is -2.54. The molecule has 3 aromatic carbocycles. The Bertz CT molecular complexity index is 1320. The molecule has 0 spiro atoms. The minimum Gasteiger partial charge on any atom is -0.493 e. The Hall–Kier alpha value is -4.59. The van der Waals surface area contributed by atoms with Crippen LogP contribution in [0.5, 0.6) is 17.2 Å². The summed E-state index contributed by atoms with van der Waals surface area (Å²) in [4.78, 5) is 39.3. The summed E-state index contributed by atoms with van der Waals surface area (Å²) >= 11 is 0. The Kier molecular flexibility index (Phi) is 7.88. The zero-order valence-corrected chi connectivity index (χ0v) is 20.9. The summed E-state index contributed by atoms with van der Waals surface area (Å²) in [5.74, 6) is 0.259. The zero-order valence-electron chi connectivity index (χ0n) is 20.9. The van der Waals surface area contributed by atoms with Gasteiger partial charge in [-0.25, -0.2) is 4.79 Å². The number of benzene rings is 3. The quantitative estimate of drug-likeness (QED) is 0.260. The number of nitrogens with one attached hydrogen (secondary N) is 1. The van der Waals surface area contributed by atoms with Gasteiger partial charge in [0, 0.05) is 0 Å². The number of carbonyl (C=O) groups excluding carboxylic acids is 3. The molecule has 8 heteroatoms.